The number of hydrogen-bond acceptors (Lipinski definition) is 5. The smallest absolute Gasteiger partial charge is 0.550 e. The van der Waals surface area contributed by atoms with Crippen LogP contribution >= 0.6 is 0 Å². The molecule has 0 fully saturated rings. The number of carbonyl (C=O) groups is 2. The van der Waals surface area contributed by atoms with E-state index >= 15 is 0 Å². The molecule has 0 rings (SSSR count). The standard InChI is InChI=1S/C9H17NO5.Li/c1-9(2,3)15-8(14)10-6(5-11)4-7(12)13;/h6,11H,4-5H2,1-3H3,(H,10,14)(H,12,13);/q;+1/p-1/t6-;/m1./s1. The van der Waals surface area contributed by atoms with Crippen molar-refractivity contribution in [3.63, 3.8) is 0 Å². The Morgan fingerprint density at radius 1 is 1.44 bits per heavy atom. The van der Waals surface area contributed by atoms with Gasteiger partial charge in [0.2, 0.25) is 0 Å². The summed E-state index contributed by atoms with van der Waals surface area (Å²) in [6.07, 6.45) is -1.21. The van der Waals surface area contributed by atoms with E-state index in [9.17, 15) is 14.7 Å². The molecule has 0 spiro atoms. The zero-order chi connectivity index (χ0) is 12.1. The van der Waals surface area contributed by atoms with Crippen molar-refractivity contribution < 1.29 is 43.4 Å². The number of hydrogen-bond donors (Lipinski definition) is 2. The van der Waals surface area contributed by atoms with Crippen molar-refractivity contribution in [2.24, 2.45) is 0 Å². The predicted octanol–water partition coefficient (Wildman–Crippen LogP) is -3.98. The Labute approximate surface area is 107 Å². The third-order valence-electron chi connectivity index (χ3n) is 1.35. The SMILES string of the molecule is CC(C)(C)OC(=O)N[C@@H](CO)CC(=O)[O-].[Li+]. The zero-order valence-corrected chi connectivity index (χ0v) is 10.1. The maximum Gasteiger partial charge on any atom is 1.00 e. The summed E-state index contributed by atoms with van der Waals surface area (Å²) in [6.45, 7) is 4.56. The number of carboxylic acids is 1. The Morgan fingerprint density at radius 3 is 2.25 bits per heavy atom. The van der Waals surface area contributed by atoms with Crippen molar-refractivity contribution in [3.8, 4) is 0 Å². The van der Waals surface area contributed by atoms with E-state index in [4.69, 9.17) is 9.84 Å². The second kappa shape index (κ2) is 7.55. The number of aliphatic hydroxyl groups is 1. The molecule has 1 amide bonds. The van der Waals surface area contributed by atoms with Gasteiger partial charge in [0.05, 0.1) is 12.6 Å². The van der Waals surface area contributed by atoms with Crippen LogP contribution in [0, 0.1) is 0 Å². The Balaban J connectivity index is 0. The van der Waals surface area contributed by atoms with Gasteiger partial charge < -0.3 is 25.1 Å². The molecule has 0 saturated carbocycles. The van der Waals surface area contributed by atoms with Gasteiger partial charge in [-0.05, 0) is 20.8 Å². The van der Waals surface area contributed by atoms with E-state index in [2.05, 4.69) is 5.32 Å². The molecule has 0 bridgehead atoms. The average molecular weight is 225 g/mol. The van der Waals surface area contributed by atoms with E-state index in [1.54, 1.807) is 20.8 Å². The van der Waals surface area contributed by atoms with Gasteiger partial charge >= 0.3 is 25.0 Å². The Kier molecular flexibility index (Phi) is 8.35. The second-order valence-electron chi connectivity index (χ2n) is 4.10. The number of aliphatic carboxylic acids is 1. The summed E-state index contributed by atoms with van der Waals surface area (Å²) in [7, 11) is 0. The fourth-order valence-electron chi connectivity index (χ4n) is 0.837. The molecule has 0 saturated heterocycles. The van der Waals surface area contributed by atoms with Crippen LogP contribution in [0.1, 0.15) is 27.2 Å². The molecule has 16 heavy (non-hydrogen) atoms. The predicted molar refractivity (Wildman–Crippen MR) is 49.9 cm³/mol. The number of alkyl carbamates (subject to hydrolysis) is 1. The Hall–Kier alpha value is -0.703. The number of ether oxygens (including phenoxy) is 1. The van der Waals surface area contributed by atoms with Crippen molar-refractivity contribution in [1.29, 1.82) is 0 Å². The van der Waals surface area contributed by atoms with Gasteiger partial charge in [-0.25, -0.2) is 4.79 Å². The molecule has 0 radical (unpaired) electrons. The molecule has 0 aromatic rings. The first-order valence-corrected chi connectivity index (χ1v) is 4.55. The van der Waals surface area contributed by atoms with Crippen LogP contribution in [0.3, 0.4) is 0 Å². The van der Waals surface area contributed by atoms with Gasteiger partial charge in [0.15, 0.2) is 0 Å². The molecule has 1 atom stereocenters. The van der Waals surface area contributed by atoms with Gasteiger partial charge in [-0.3, -0.25) is 0 Å². The minimum absolute atomic E-state index is 0. The molecular weight excluding hydrogens is 209 g/mol. The van der Waals surface area contributed by atoms with Gasteiger partial charge in [-0.2, -0.15) is 0 Å². The summed E-state index contributed by atoms with van der Waals surface area (Å²) in [4.78, 5) is 21.4. The normalized spacial score (nSPS) is 12.2. The van der Waals surface area contributed by atoms with Crippen LogP contribution in [0.2, 0.25) is 0 Å². The van der Waals surface area contributed by atoms with Crippen LogP contribution in [0.4, 0.5) is 4.79 Å². The molecule has 2 N–H and O–H groups in total. The maximum atomic E-state index is 11.2. The molecule has 0 aromatic heterocycles. The fourth-order valence-corrected chi connectivity index (χ4v) is 0.837. The average Bonchev–Trinajstić information content (AvgIpc) is 1.98. The topological polar surface area (TPSA) is 98.7 Å². The summed E-state index contributed by atoms with van der Waals surface area (Å²) < 4.78 is 4.88. The second-order valence-corrected chi connectivity index (χ2v) is 4.10. The van der Waals surface area contributed by atoms with Crippen LogP contribution in [-0.2, 0) is 9.53 Å². The largest absolute Gasteiger partial charge is 1.00 e. The fraction of sp³-hybridized carbons (Fsp3) is 0.778. The van der Waals surface area contributed by atoms with E-state index in [1.807, 2.05) is 0 Å². The quantitative estimate of drug-likeness (QED) is 0.475. The van der Waals surface area contributed by atoms with E-state index in [-0.39, 0.29) is 18.9 Å². The monoisotopic (exact) mass is 225 g/mol. The number of aliphatic hydroxyl groups excluding tert-OH is 1. The maximum absolute atomic E-state index is 11.2. The van der Waals surface area contributed by atoms with Crippen LogP contribution in [0.5, 0.6) is 0 Å². The number of nitrogens with one attached hydrogen (secondary N) is 1. The molecule has 0 aliphatic heterocycles. The third kappa shape index (κ3) is 9.84. The van der Waals surface area contributed by atoms with Crippen LogP contribution in [-0.4, -0.2) is 35.4 Å². The van der Waals surface area contributed by atoms with E-state index in [0.717, 1.165) is 0 Å². The Bertz CT molecular complexity index is 239. The van der Waals surface area contributed by atoms with E-state index < -0.39 is 36.7 Å². The van der Waals surface area contributed by atoms with E-state index in [1.165, 1.54) is 0 Å². The van der Waals surface area contributed by atoms with Gasteiger partial charge in [-0.15, -0.1) is 0 Å². The summed E-state index contributed by atoms with van der Waals surface area (Å²) in [5.41, 5.74) is -0.661. The van der Waals surface area contributed by atoms with Gasteiger partial charge in [-0.1, -0.05) is 0 Å². The van der Waals surface area contributed by atoms with Crippen molar-refractivity contribution in [3.05, 3.63) is 0 Å². The van der Waals surface area contributed by atoms with Crippen molar-refractivity contribution >= 4 is 12.1 Å². The van der Waals surface area contributed by atoms with Crippen LogP contribution < -0.4 is 29.3 Å². The molecule has 0 aliphatic rings. The van der Waals surface area contributed by atoms with E-state index in [0.29, 0.717) is 0 Å². The molecule has 88 valence electrons. The molecule has 7 heteroatoms. The molecular formula is C9H16LiNO5. The molecule has 6 nitrogen and oxygen atoms in total. The first kappa shape index (κ1) is 17.7. The summed E-state index contributed by atoms with van der Waals surface area (Å²) in [5.74, 6) is -1.34. The first-order chi connectivity index (χ1) is 6.74. The number of amides is 1. The minimum atomic E-state index is -1.34. The molecule has 0 unspecified atom stereocenters. The van der Waals surface area contributed by atoms with Gasteiger partial charge in [0.1, 0.15) is 5.60 Å². The third-order valence-corrected chi connectivity index (χ3v) is 1.35. The molecule has 0 aromatic carbocycles. The van der Waals surface area contributed by atoms with Crippen molar-refractivity contribution in [1.82, 2.24) is 5.32 Å². The van der Waals surface area contributed by atoms with Crippen molar-refractivity contribution in [2.75, 3.05) is 6.61 Å². The minimum Gasteiger partial charge on any atom is -0.550 e. The van der Waals surface area contributed by atoms with Crippen molar-refractivity contribution in [2.45, 2.75) is 38.8 Å². The summed E-state index contributed by atoms with van der Waals surface area (Å²) in [6, 6.07) is -0.884. The summed E-state index contributed by atoms with van der Waals surface area (Å²) in [5, 5.41) is 21.2. The van der Waals surface area contributed by atoms with Gasteiger partial charge in [0, 0.05) is 12.4 Å². The van der Waals surface area contributed by atoms with Crippen LogP contribution in [0.15, 0.2) is 0 Å². The summed E-state index contributed by atoms with van der Waals surface area (Å²) >= 11 is 0. The molecule has 0 aliphatic carbocycles. The van der Waals surface area contributed by atoms with Crippen LogP contribution in [0.25, 0.3) is 0 Å². The Morgan fingerprint density at radius 2 is 1.94 bits per heavy atom. The number of carbonyl (C=O) groups excluding carboxylic acids is 2. The number of carboxylic acid groups (broad SMARTS) is 1. The molecule has 0 heterocycles. The number of rotatable bonds is 4. The zero-order valence-electron chi connectivity index (χ0n) is 10.1. The first-order valence-electron chi connectivity index (χ1n) is 4.55. The van der Waals surface area contributed by atoms with Gasteiger partial charge in [0.25, 0.3) is 0 Å².